The van der Waals surface area contributed by atoms with Crippen molar-refractivity contribution in [1.82, 2.24) is 0 Å². The fourth-order valence-corrected chi connectivity index (χ4v) is 3.75. The number of carbonyl (C=O) groups excluding carboxylic acids is 2. The van der Waals surface area contributed by atoms with Crippen molar-refractivity contribution in [2.45, 2.75) is 25.7 Å². The molecule has 7 nitrogen and oxygen atoms in total. The highest BCUT2D eigenvalue weighted by atomic mass is 16.6. The zero-order chi connectivity index (χ0) is 19.8. The predicted molar refractivity (Wildman–Crippen MR) is 102 cm³/mol. The molecular weight excluding hydrogens is 360 g/mol. The Labute approximate surface area is 161 Å². The van der Waals surface area contributed by atoms with Crippen molar-refractivity contribution >= 4 is 23.3 Å². The minimum Gasteiger partial charge on any atom is -0.456 e. The highest BCUT2D eigenvalue weighted by molar-refractivity contribution is 6.06. The number of cyclic esters (lactones) is 1. The summed E-state index contributed by atoms with van der Waals surface area (Å²) in [7, 11) is 0. The fraction of sp³-hybridized carbons (Fsp3) is 0.238. The van der Waals surface area contributed by atoms with E-state index in [2.05, 4.69) is 6.92 Å². The lowest BCUT2D eigenvalue weighted by molar-refractivity contribution is -0.384. The normalized spacial score (nSPS) is 18.9. The summed E-state index contributed by atoms with van der Waals surface area (Å²) in [6, 6.07) is 13.6. The van der Waals surface area contributed by atoms with E-state index in [9.17, 15) is 19.7 Å². The molecule has 0 aromatic heterocycles. The molecule has 4 rings (SSSR count). The van der Waals surface area contributed by atoms with Crippen molar-refractivity contribution in [3.63, 3.8) is 0 Å². The van der Waals surface area contributed by atoms with Gasteiger partial charge in [0, 0.05) is 30.2 Å². The number of anilines is 1. The van der Waals surface area contributed by atoms with Crippen LogP contribution in [0.1, 0.15) is 30.4 Å². The topological polar surface area (TPSA) is 89.8 Å². The Balaban J connectivity index is 1.75. The van der Waals surface area contributed by atoms with E-state index in [-0.39, 0.29) is 24.6 Å². The number of amides is 1. The molecule has 0 spiro atoms. The Hall–Kier alpha value is -3.48. The lowest BCUT2D eigenvalue weighted by Crippen LogP contribution is -2.37. The molecule has 2 aliphatic heterocycles. The van der Waals surface area contributed by atoms with E-state index in [4.69, 9.17) is 4.74 Å². The first kappa shape index (κ1) is 17.9. The number of carbonyl (C=O) groups is 2. The highest BCUT2D eigenvalue weighted by Crippen LogP contribution is 2.42. The number of esters is 1. The number of hydrogen-bond acceptors (Lipinski definition) is 5. The largest absolute Gasteiger partial charge is 0.456 e. The number of nitrogens with zero attached hydrogens (tertiary/aromatic N) is 2. The molecule has 0 fully saturated rings. The second-order valence-corrected chi connectivity index (χ2v) is 6.79. The zero-order valence-corrected chi connectivity index (χ0v) is 15.3. The van der Waals surface area contributed by atoms with Gasteiger partial charge in [-0.2, -0.15) is 0 Å². The summed E-state index contributed by atoms with van der Waals surface area (Å²) in [6.07, 6.45) is 0.993. The molecule has 0 saturated carbocycles. The monoisotopic (exact) mass is 378 g/mol. The van der Waals surface area contributed by atoms with E-state index < -0.39 is 16.8 Å². The zero-order valence-electron chi connectivity index (χ0n) is 15.3. The van der Waals surface area contributed by atoms with Gasteiger partial charge in [-0.15, -0.1) is 0 Å². The molecule has 7 heteroatoms. The molecule has 0 saturated heterocycles. The van der Waals surface area contributed by atoms with E-state index in [1.165, 1.54) is 12.1 Å². The number of benzene rings is 2. The Kier molecular flexibility index (Phi) is 4.43. The van der Waals surface area contributed by atoms with Crippen LogP contribution in [0, 0.1) is 10.1 Å². The van der Waals surface area contributed by atoms with E-state index in [0.29, 0.717) is 22.5 Å². The van der Waals surface area contributed by atoms with Crippen LogP contribution in [0.3, 0.4) is 0 Å². The van der Waals surface area contributed by atoms with Crippen LogP contribution in [0.5, 0.6) is 0 Å². The van der Waals surface area contributed by atoms with Gasteiger partial charge in [0.1, 0.15) is 6.61 Å². The Morgan fingerprint density at radius 3 is 2.39 bits per heavy atom. The molecule has 0 N–H and O–H groups in total. The molecule has 2 aromatic rings. The number of nitro benzene ring substituents is 1. The van der Waals surface area contributed by atoms with Crippen molar-refractivity contribution in [1.29, 1.82) is 0 Å². The van der Waals surface area contributed by atoms with Crippen molar-refractivity contribution < 1.29 is 19.2 Å². The van der Waals surface area contributed by atoms with Crippen LogP contribution >= 0.6 is 0 Å². The summed E-state index contributed by atoms with van der Waals surface area (Å²) in [5.74, 6) is -1.05. The van der Waals surface area contributed by atoms with Crippen molar-refractivity contribution in [2.24, 2.45) is 0 Å². The van der Waals surface area contributed by atoms with Gasteiger partial charge in [0.05, 0.1) is 16.2 Å². The minimum absolute atomic E-state index is 0.0354. The molecule has 2 heterocycles. The number of ether oxygens (including phenoxy) is 1. The van der Waals surface area contributed by atoms with Crippen LogP contribution in [0.15, 0.2) is 59.8 Å². The Bertz CT molecular complexity index is 992. The molecule has 0 bridgehead atoms. The number of nitro groups is 1. The smallest absolute Gasteiger partial charge is 0.336 e. The first-order valence-corrected chi connectivity index (χ1v) is 9.06. The second kappa shape index (κ2) is 6.92. The third kappa shape index (κ3) is 2.94. The van der Waals surface area contributed by atoms with Crippen molar-refractivity contribution in [3.05, 3.63) is 81.0 Å². The Morgan fingerprint density at radius 1 is 1.11 bits per heavy atom. The van der Waals surface area contributed by atoms with Gasteiger partial charge in [-0.05, 0) is 29.7 Å². The standard InChI is InChI=1S/C21H18N2O5/c1-2-13-3-7-15(8-4-13)22-18-12-28-21(25)20(18)17(11-19(22)24)14-5-9-16(10-6-14)23(26)27/h3-10,17H,2,11-12H2,1H3. The van der Waals surface area contributed by atoms with Gasteiger partial charge in [-0.1, -0.05) is 31.2 Å². The summed E-state index contributed by atoms with van der Waals surface area (Å²) in [5, 5.41) is 10.9. The molecule has 1 amide bonds. The van der Waals surface area contributed by atoms with E-state index in [1.54, 1.807) is 17.0 Å². The van der Waals surface area contributed by atoms with Gasteiger partial charge in [-0.25, -0.2) is 4.79 Å². The highest BCUT2D eigenvalue weighted by Gasteiger charge is 2.43. The van der Waals surface area contributed by atoms with Gasteiger partial charge in [-0.3, -0.25) is 19.8 Å². The van der Waals surface area contributed by atoms with Crippen LogP contribution < -0.4 is 4.90 Å². The lowest BCUT2D eigenvalue weighted by atomic mass is 9.84. The van der Waals surface area contributed by atoms with Crippen LogP contribution in [0.4, 0.5) is 11.4 Å². The molecule has 28 heavy (non-hydrogen) atoms. The SMILES string of the molecule is CCc1ccc(N2C(=O)CC(c3ccc([N+](=O)[O-])cc3)C3=C2COC3=O)cc1. The van der Waals surface area contributed by atoms with Crippen molar-refractivity contribution in [3.8, 4) is 0 Å². The quantitative estimate of drug-likeness (QED) is 0.461. The van der Waals surface area contributed by atoms with E-state index in [0.717, 1.165) is 12.0 Å². The number of hydrogen-bond donors (Lipinski definition) is 0. The third-order valence-electron chi connectivity index (χ3n) is 5.23. The van der Waals surface area contributed by atoms with E-state index >= 15 is 0 Å². The number of aryl methyl sites for hydroxylation is 1. The molecule has 2 aromatic carbocycles. The van der Waals surface area contributed by atoms with Gasteiger partial charge < -0.3 is 4.74 Å². The van der Waals surface area contributed by atoms with Crippen LogP contribution in [-0.4, -0.2) is 23.4 Å². The first-order chi connectivity index (χ1) is 13.5. The predicted octanol–water partition coefficient (Wildman–Crippen LogP) is 3.49. The van der Waals surface area contributed by atoms with Crippen LogP contribution in [0.25, 0.3) is 0 Å². The summed E-state index contributed by atoms with van der Waals surface area (Å²) < 4.78 is 5.24. The molecular formula is C21H18N2O5. The fourth-order valence-electron chi connectivity index (χ4n) is 3.75. The summed E-state index contributed by atoms with van der Waals surface area (Å²) in [4.78, 5) is 37.4. The molecule has 1 unspecified atom stereocenters. The first-order valence-electron chi connectivity index (χ1n) is 9.06. The molecule has 142 valence electrons. The summed E-state index contributed by atoms with van der Waals surface area (Å²) in [5.41, 5.74) is 3.51. The van der Waals surface area contributed by atoms with Crippen molar-refractivity contribution in [2.75, 3.05) is 11.5 Å². The Morgan fingerprint density at radius 2 is 1.79 bits per heavy atom. The molecule has 1 atom stereocenters. The van der Waals surface area contributed by atoms with Gasteiger partial charge in [0.2, 0.25) is 5.91 Å². The maximum absolute atomic E-state index is 13.0. The maximum Gasteiger partial charge on any atom is 0.336 e. The average Bonchev–Trinajstić information content (AvgIpc) is 3.09. The summed E-state index contributed by atoms with van der Waals surface area (Å²) >= 11 is 0. The van der Waals surface area contributed by atoms with Crippen LogP contribution in [-0.2, 0) is 20.7 Å². The summed E-state index contributed by atoms with van der Waals surface area (Å²) in [6.45, 7) is 2.10. The van der Waals surface area contributed by atoms with Gasteiger partial charge >= 0.3 is 5.97 Å². The maximum atomic E-state index is 13.0. The number of rotatable bonds is 4. The van der Waals surface area contributed by atoms with Gasteiger partial charge in [0.15, 0.2) is 0 Å². The minimum atomic E-state index is -0.480. The van der Waals surface area contributed by atoms with Gasteiger partial charge in [0.25, 0.3) is 5.69 Å². The average molecular weight is 378 g/mol. The molecule has 0 aliphatic carbocycles. The molecule has 0 radical (unpaired) electrons. The molecule has 2 aliphatic rings. The second-order valence-electron chi connectivity index (χ2n) is 6.79. The third-order valence-corrected chi connectivity index (χ3v) is 5.23. The van der Waals surface area contributed by atoms with Crippen LogP contribution in [0.2, 0.25) is 0 Å². The van der Waals surface area contributed by atoms with E-state index in [1.807, 2.05) is 24.3 Å². The lowest BCUT2D eigenvalue weighted by Gasteiger charge is -2.32. The number of non-ortho nitro benzene ring substituents is 1.